The molecule has 0 aliphatic carbocycles. The van der Waals surface area contributed by atoms with Gasteiger partial charge in [-0.05, 0) is 5.56 Å². The number of esters is 1. The standard InChI is InChI=1S/C13H18BrNO3/c1-18-13(17)12(14)10-15(7-8-16)9-11-5-3-2-4-6-11/h2-6,12,16H,7-10H2,1H3. The van der Waals surface area contributed by atoms with Crippen molar-refractivity contribution in [2.45, 2.75) is 11.4 Å². The molecule has 100 valence electrons. The predicted molar refractivity (Wildman–Crippen MR) is 73.5 cm³/mol. The lowest BCUT2D eigenvalue weighted by molar-refractivity contribution is -0.140. The second kappa shape index (κ2) is 8.24. The molecule has 1 N–H and O–H groups in total. The van der Waals surface area contributed by atoms with Gasteiger partial charge in [0.25, 0.3) is 0 Å². The van der Waals surface area contributed by atoms with E-state index in [0.717, 1.165) is 5.56 Å². The van der Waals surface area contributed by atoms with Crippen molar-refractivity contribution in [2.24, 2.45) is 0 Å². The number of carbonyl (C=O) groups excluding carboxylic acids is 1. The van der Waals surface area contributed by atoms with Gasteiger partial charge in [0.2, 0.25) is 0 Å². The zero-order chi connectivity index (χ0) is 13.4. The minimum Gasteiger partial charge on any atom is -0.468 e. The first-order valence-electron chi connectivity index (χ1n) is 5.76. The normalized spacial score (nSPS) is 12.4. The van der Waals surface area contributed by atoms with Crippen molar-refractivity contribution in [3.63, 3.8) is 0 Å². The Kier molecular flexibility index (Phi) is 6.93. The van der Waals surface area contributed by atoms with Gasteiger partial charge in [0, 0.05) is 19.6 Å². The summed E-state index contributed by atoms with van der Waals surface area (Å²) >= 11 is 3.29. The van der Waals surface area contributed by atoms with Crippen molar-refractivity contribution in [3.05, 3.63) is 35.9 Å². The van der Waals surface area contributed by atoms with Gasteiger partial charge in [-0.2, -0.15) is 0 Å². The maximum Gasteiger partial charge on any atom is 0.320 e. The van der Waals surface area contributed by atoms with E-state index in [4.69, 9.17) is 5.11 Å². The van der Waals surface area contributed by atoms with Crippen LogP contribution in [0.5, 0.6) is 0 Å². The lowest BCUT2D eigenvalue weighted by Gasteiger charge is -2.23. The largest absolute Gasteiger partial charge is 0.468 e. The fraction of sp³-hybridized carbons (Fsp3) is 0.462. The Bertz CT molecular complexity index is 359. The number of nitrogens with zero attached hydrogens (tertiary/aromatic N) is 1. The van der Waals surface area contributed by atoms with Crippen LogP contribution >= 0.6 is 15.9 Å². The maximum atomic E-state index is 11.3. The molecule has 0 amide bonds. The summed E-state index contributed by atoms with van der Waals surface area (Å²) in [6, 6.07) is 9.94. The predicted octanol–water partition coefficient (Wildman–Crippen LogP) is 1.42. The fourth-order valence-electron chi connectivity index (χ4n) is 1.65. The van der Waals surface area contributed by atoms with Crippen LogP contribution in [0.4, 0.5) is 0 Å². The van der Waals surface area contributed by atoms with E-state index < -0.39 is 0 Å². The molecule has 1 rings (SSSR count). The number of alkyl halides is 1. The quantitative estimate of drug-likeness (QED) is 0.610. The minimum absolute atomic E-state index is 0.0632. The molecule has 1 aromatic carbocycles. The van der Waals surface area contributed by atoms with Crippen molar-refractivity contribution >= 4 is 21.9 Å². The van der Waals surface area contributed by atoms with Crippen LogP contribution < -0.4 is 0 Å². The number of methoxy groups -OCH3 is 1. The van der Waals surface area contributed by atoms with Crippen LogP contribution in [-0.4, -0.2) is 47.6 Å². The van der Waals surface area contributed by atoms with Gasteiger partial charge >= 0.3 is 5.97 Å². The molecule has 0 aliphatic rings. The third-order valence-corrected chi connectivity index (χ3v) is 3.20. The van der Waals surface area contributed by atoms with Gasteiger partial charge in [0.1, 0.15) is 4.83 Å². The molecular formula is C13H18BrNO3. The highest BCUT2D eigenvalue weighted by Gasteiger charge is 2.19. The average molecular weight is 316 g/mol. The molecule has 4 nitrogen and oxygen atoms in total. The van der Waals surface area contributed by atoms with Crippen molar-refractivity contribution in [1.29, 1.82) is 0 Å². The molecule has 1 unspecified atom stereocenters. The molecule has 18 heavy (non-hydrogen) atoms. The molecule has 0 aromatic heterocycles. The second-order valence-corrected chi connectivity index (χ2v) is 5.04. The minimum atomic E-state index is -0.377. The lowest BCUT2D eigenvalue weighted by Crippen LogP contribution is -2.35. The summed E-state index contributed by atoms with van der Waals surface area (Å²) in [5.41, 5.74) is 1.15. The average Bonchev–Trinajstić information content (AvgIpc) is 2.39. The molecule has 0 fully saturated rings. The molecule has 0 spiro atoms. The van der Waals surface area contributed by atoms with Crippen molar-refractivity contribution in [2.75, 3.05) is 26.8 Å². The van der Waals surface area contributed by atoms with Gasteiger partial charge in [-0.1, -0.05) is 46.3 Å². The van der Waals surface area contributed by atoms with Crippen LogP contribution in [-0.2, 0) is 16.1 Å². The maximum absolute atomic E-state index is 11.3. The van der Waals surface area contributed by atoms with Gasteiger partial charge in [-0.3, -0.25) is 9.69 Å². The van der Waals surface area contributed by atoms with Crippen LogP contribution in [0.25, 0.3) is 0 Å². The Morgan fingerprint density at radius 1 is 1.44 bits per heavy atom. The third-order valence-electron chi connectivity index (χ3n) is 2.54. The molecule has 0 bridgehead atoms. The molecule has 0 saturated heterocycles. The number of aliphatic hydroxyl groups excluding tert-OH is 1. The summed E-state index contributed by atoms with van der Waals surface area (Å²) in [4.78, 5) is 13.0. The lowest BCUT2D eigenvalue weighted by atomic mass is 10.2. The van der Waals surface area contributed by atoms with E-state index in [2.05, 4.69) is 20.7 Å². The van der Waals surface area contributed by atoms with Crippen LogP contribution in [0.3, 0.4) is 0 Å². The number of halogens is 1. The van der Waals surface area contributed by atoms with Crippen LogP contribution in [0.1, 0.15) is 5.56 Å². The van der Waals surface area contributed by atoms with E-state index in [9.17, 15) is 4.79 Å². The summed E-state index contributed by atoms with van der Waals surface area (Å²) < 4.78 is 4.67. The number of ether oxygens (including phenoxy) is 1. The molecule has 1 atom stereocenters. The highest BCUT2D eigenvalue weighted by molar-refractivity contribution is 9.10. The summed E-state index contributed by atoms with van der Waals surface area (Å²) in [6.07, 6.45) is 0. The first kappa shape index (κ1) is 15.1. The zero-order valence-electron chi connectivity index (χ0n) is 10.4. The highest BCUT2D eigenvalue weighted by Crippen LogP contribution is 2.09. The van der Waals surface area contributed by atoms with Gasteiger partial charge in [-0.15, -0.1) is 0 Å². The topological polar surface area (TPSA) is 49.8 Å². The molecule has 5 heteroatoms. The van der Waals surface area contributed by atoms with Gasteiger partial charge < -0.3 is 9.84 Å². The van der Waals surface area contributed by atoms with Gasteiger partial charge in [0.05, 0.1) is 13.7 Å². The van der Waals surface area contributed by atoms with E-state index in [1.54, 1.807) is 0 Å². The Labute approximate surface area is 116 Å². The number of hydrogen-bond acceptors (Lipinski definition) is 4. The summed E-state index contributed by atoms with van der Waals surface area (Å²) in [5.74, 6) is -0.300. The van der Waals surface area contributed by atoms with Crippen molar-refractivity contribution < 1.29 is 14.6 Å². The van der Waals surface area contributed by atoms with Crippen LogP contribution in [0.15, 0.2) is 30.3 Å². The number of aliphatic hydroxyl groups is 1. The summed E-state index contributed by atoms with van der Waals surface area (Å²) in [5, 5.41) is 9.05. The molecule has 0 heterocycles. The van der Waals surface area contributed by atoms with E-state index in [1.165, 1.54) is 7.11 Å². The number of benzene rings is 1. The third kappa shape index (κ3) is 5.16. The Morgan fingerprint density at radius 3 is 2.67 bits per heavy atom. The van der Waals surface area contributed by atoms with E-state index in [0.29, 0.717) is 19.6 Å². The molecule has 0 saturated carbocycles. The fourth-order valence-corrected chi connectivity index (χ4v) is 2.24. The number of rotatable bonds is 7. The SMILES string of the molecule is COC(=O)C(Br)CN(CCO)Cc1ccccc1. The van der Waals surface area contributed by atoms with E-state index in [1.807, 2.05) is 35.2 Å². The van der Waals surface area contributed by atoms with Crippen molar-refractivity contribution in [1.82, 2.24) is 4.90 Å². The Balaban J connectivity index is 2.57. The molecular weight excluding hydrogens is 298 g/mol. The zero-order valence-corrected chi connectivity index (χ0v) is 12.0. The van der Waals surface area contributed by atoms with Gasteiger partial charge in [-0.25, -0.2) is 0 Å². The Morgan fingerprint density at radius 2 is 2.11 bits per heavy atom. The first-order chi connectivity index (χ1) is 8.67. The highest BCUT2D eigenvalue weighted by atomic mass is 79.9. The van der Waals surface area contributed by atoms with Gasteiger partial charge in [0.15, 0.2) is 0 Å². The molecule has 1 aromatic rings. The second-order valence-electron chi connectivity index (χ2n) is 3.94. The monoisotopic (exact) mass is 315 g/mol. The van der Waals surface area contributed by atoms with E-state index in [-0.39, 0.29) is 17.4 Å². The smallest absolute Gasteiger partial charge is 0.320 e. The van der Waals surface area contributed by atoms with Crippen LogP contribution in [0.2, 0.25) is 0 Å². The number of hydrogen-bond donors (Lipinski definition) is 1. The number of carbonyl (C=O) groups is 1. The summed E-state index contributed by atoms with van der Waals surface area (Å²) in [7, 11) is 1.37. The van der Waals surface area contributed by atoms with E-state index >= 15 is 0 Å². The van der Waals surface area contributed by atoms with Crippen molar-refractivity contribution in [3.8, 4) is 0 Å². The van der Waals surface area contributed by atoms with Crippen LogP contribution in [0, 0.1) is 0 Å². The molecule has 0 aliphatic heterocycles. The summed E-state index contributed by atoms with van der Waals surface area (Å²) in [6.45, 7) is 1.78. The molecule has 0 radical (unpaired) electrons. The first-order valence-corrected chi connectivity index (χ1v) is 6.68. The Hall–Kier alpha value is -0.910.